The second-order valence-electron chi connectivity index (χ2n) is 10.8. The maximum absolute atomic E-state index is 12.1. The van der Waals surface area contributed by atoms with Crippen LogP contribution in [0, 0.1) is 0 Å². The van der Waals surface area contributed by atoms with Gasteiger partial charge in [0, 0.05) is 4.88 Å². The van der Waals surface area contributed by atoms with E-state index in [4.69, 9.17) is 4.74 Å². The molecule has 0 aliphatic heterocycles. The predicted molar refractivity (Wildman–Crippen MR) is 133 cm³/mol. The van der Waals surface area contributed by atoms with Crippen molar-refractivity contribution >= 4 is 36.7 Å². The van der Waals surface area contributed by atoms with Gasteiger partial charge in [0.2, 0.25) is 0 Å². The Kier molecular flexibility index (Phi) is 6.23. The molecule has 0 spiro atoms. The van der Waals surface area contributed by atoms with Gasteiger partial charge in [-0.15, -0.1) is 11.3 Å². The van der Waals surface area contributed by atoms with E-state index in [9.17, 15) is 4.79 Å². The molecule has 0 bridgehead atoms. The van der Waals surface area contributed by atoms with Crippen LogP contribution in [0.2, 0.25) is 19.6 Å². The Hall–Kier alpha value is -1.65. The van der Waals surface area contributed by atoms with Gasteiger partial charge >= 0.3 is 5.97 Å². The number of ether oxygens (including phenoxy) is 1. The summed E-state index contributed by atoms with van der Waals surface area (Å²) in [4.78, 5) is 13.9. The van der Waals surface area contributed by atoms with Crippen LogP contribution in [0.1, 0.15) is 78.7 Å². The fourth-order valence-electron chi connectivity index (χ4n) is 4.37. The molecule has 162 valence electrons. The van der Waals surface area contributed by atoms with Crippen molar-refractivity contribution in [2.45, 2.75) is 77.9 Å². The Balaban J connectivity index is 2.08. The smallest absolute Gasteiger partial charge is 0.348 e. The lowest BCUT2D eigenvalue weighted by molar-refractivity contribution is 0.0532. The van der Waals surface area contributed by atoms with Gasteiger partial charge in [0.05, 0.1) is 14.7 Å². The highest BCUT2D eigenvalue weighted by molar-refractivity contribution is 7.15. The van der Waals surface area contributed by atoms with Gasteiger partial charge in [-0.2, -0.15) is 0 Å². The van der Waals surface area contributed by atoms with Crippen LogP contribution in [0.5, 0.6) is 0 Å². The van der Waals surface area contributed by atoms with Gasteiger partial charge in [0.25, 0.3) is 0 Å². The summed E-state index contributed by atoms with van der Waals surface area (Å²) in [5, 5.41) is 1.43. The molecule has 0 atom stereocenters. The van der Waals surface area contributed by atoms with Gasteiger partial charge < -0.3 is 4.74 Å². The Morgan fingerprint density at radius 3 is 2.27 bits per heavy atom. The topological polar surface area (TPSA) is 26.3 Å². The highest BCUT2D eigenvalue weighted by Crippen LogP contribution is 2.47. The molecule has 0 N–H and O–H groups in total. The zero-order chi connectivity index (χ0) is 22.3. The third-order valence-corrected chi connectivity index (χ3v) is 9.42. The molecule has 30 heavy (non-hydrogen) atoms. The first-order valence-electron chi connectivity index (χ1n) is 11.0. The molecular weight excluding hydrogens is 404 g/mol. The summed E-state index contributed by atoms with van der Waals surface area (Å²) in [6, 6.07) is 11.1. The molecule has 0 unspecified atom stereocenters. The molecule has 0 fully saturated rings. The van der Waals surface area contributed by atoms with Crippen molar-refractivity contribution < 1.29 is 9.53 Å². The number of fused-ring (bicyclic) bond motifs is 1. The number of rotatable bonds is 5. The first-order chi connectivity index (χ1) is 13.8. The van der Waals surface area contributed by atoms with Crippen molar-refractivity contribution in [1.29, 1.82) is 0 Å². The standard InChI is InChI=1S/C26H36O2SSi/c1-9-28-24(27)22-13-11-19(29-22)17-23(30(6,7)8)18-10-12-20-21(16-18)26(4,5)15-14-25(20,2)3/h10-13,16-17H,9,14-15H2,1-8H3/b23-17-. The van der Waals surface area contributed by atoms with Gasteiger partial charge in [-0.05, 0) is 65.5 Å². The van der Waals surface area contributed by atoms with E-state index in [1.807, 2.05) is 19.1 Å². The molecule has 0 radical (unpaired) electrons. The molecule has 1 aromatic carbocycles. The maximum Gasteiger partial charge on any atom is 0.348 e. The van der Waals surface area contributed by atoms with Crippen molar-refractivity contribution in [3.63, 3.8) is 0 Å². The second-order valence-corrected chi connectivity index (χ2v) is 16.9. The lowest BCUT2D eigenvalue weighted by atomic mass is 9.63. The highest BCUT2D eigenvalue weighted by atomic mass is 32.1. The fourth-order valence-corrected chi connectivity index (χ4v) is 6.93. The molecule has 0 amide bonds. The summed E-state index contributed by atoms with van der Waals surface area (Å²) in [6.07, 6.45) is 4.76. The minimum atomic E-state index is -1.62. The van der Waals surface area contributed by atoms with E-state index in [0.29, 0.717) is 11.5 Å². The maximum atomic E-state index is 12.1. The van der Waals surface area contributed by atoms with E-state index in [2.05, 4.69) is 71.6 Å². The second kappa shape index (κ2) is 8.12. The van der Waals surface area contributed by atoms with E-state index in [-0.39, 0.29) is 16.8 Å². The minimum absolute atomic E-state index is 0.200. The van der Waals surface area contributed by atoms with Gasteiger partial charge in [-0.25, -0.2) is 4.79 Å². The molecule has 0 saturated carbocycles. The molecule has 2 nitrogen and oxygen atoms in total. The Morgan fingerprint density at radius 1 is 1.03 bits per heavy atom. The summed E-state index contributed by atoms with van der Waals surface area (Å²) in [6.45, 7) is 18.9. The van der Waals surface area contributed by atoms with Crippen LogP contribution >= 0.6 is 11.3 Å². The fraction of sp³-hybridized carbons (Fsp3) is 0.500. The number of esters is 1. The third-order valence-electron chi connectivity index (χ3n) is 6.36. The SMILES string of the molecule is CCOC(=O)c1ccc(/C=C(/c2ccc3c(c2)C(C)(C)CCC3(C)C)[Si](C)(C)C)s1. The number of hydrogen-bond acceptors (Lipinski definition) is 3. The van der Waals surface area contributed by atoms with Gasteiger partial charge in [0.15, 0.2) is 0 Å². The lowest BCUT2D eigenvalue weighted by Crippen LogP contribution is -2.34. The molecule has 1 aliphatic rings. The summed E-state index contributed by atoms with van der Waals surface area (Å²) >= 11 is 1.52. The van der Waals surface area contributed by atoms with E-state index in [1.54, 1.807) is 0 Å². The van der Waals surface area contributed by atoms with E-state index >= 15 is 0 Å². The zero-order valence-corrected chi connectivity index (χ0v) is 21.6. The van der Waals surface area contributed by atoms with Gasteiger partial charge in [0.1, 0.15) is 4.88 Å². The Labute approximate surface area is 187 Å². The average Bonchev–Trinajstić information content (AvgIpc) is 3.12. The van der Waals surface area contributed by atoms with Crippen LogP contribution in [-0.2, 0) is 15.6 Å². The van der Waals surface area contributed by atoms with E-state index in [1.165, 1.54) is 46.1 Å². The van der Waals surface area contributed by atoms with Crippen LogP contribution in [0.4, 0.5) is 0 Å². The minimum Gasteiger partial charge on any atom is -0.462 e. The third kappa shape index (κ3) is 4.65. The molecule has 3 rings (SSSR count). The van der Waals surface area contributed by atoms with Crippen LogP contribution in [0.25, 0.3) is 11.3 Å². The quantitative estimate of drug-likeness (QED) is 0.352. The summed E-state index contributed by atoms with van der Waals surface area (Å²) in [7, 11) is -1.62. The molecule has 1 heterocycles. The van der Waals surface area contributed by atoms with Crippen LogP contribution in [0.3, 0.4) is 0 Å². The zero-order valence-electron chi connectivity index (χ0n) is 19.8. The Morgan fingerprint density at radius 2 is 1.67 bits per heavy atom. The van der Waals surface area contributed by atoms with Crippen molar-refractivity contribution in [3.05, 3.63) is 56.8 Å². The Bertz CT molecular complexity index is 973. The number of carbonyl (C=O) groups is 1. The van der Waals surface area contributed by atoms with Crippen LogP contribution in [-0.4, -0.2) is 20.7 Å². The number of carbonyl (C=O) groups excluding carboxylic acids is 1. The van der Waals surface area contributed by atoms with Crippen LogP contribution < -0.4 is 0 Å². The molecule has 1 aliphatic carbocycles. The molecule has 1 aromatic heterocycles. The van der Waals surface area contributed by atoms with Crippen molar-refractivity contribution in [2.24, 2.45) is 0 Å². The average molecular weight is 441 g/mol. The highest BCUT2D eigenvalue weighted by Gasteiger charge is 2.37. The molecule has 2 aromatic rings. The van der Waals surface area contributed by atoms with Gasteiger partial charge in [-0.1, -0.05) is 70.7 Å². The summed E-state index contributed by atoms with van der Waals surface area (Å²) < 4.78 is 5.16. The summed E-state index contributed by atoms with van der Waals surface area (Å²) in [5.74, 6) is -0.227. The van der Waals surface area contributed by atoms with Crippen molar-refractivity contribution in [2.75, 3.05) is 6.61 Å². The number of hydrogen-bond donors (Lipinski definition) is 0. The summed E-state index contributed by atoms with van der Waals surface area (Å²) in [5.41, 5.74) is 4.77. The van der Waals surface area contributed by atoms with Gasteiger partial charge in [-0.3, -0.25) is 0 Å². The number of benzene rings is 1. The van der Waals surface area contributed by atoms with Crippen molar-refractivity contribution in [1.82, 2.24) is 0 Å². The largest absolute Gasteiger partial charge is 0.462 e. The van der Waals surface area contributed by atoms with Crippen LogP contribution in [0.15, 0.2) is 30.3 Å². The van der Waals surface area contributed by atoms with E-state index < -0.39 is 8.07 Å². The first-order valence-corrected chi connectivity index (χ1v) is 15.3. The van der Waals surface area contributed by atoms with Crippen molar-refractivity contribution in [3.8, 4) is 0 Å². The monoisotopic (exact) mass is 440 g/mol. The molecule has 4 heteroatoms. The predicted octanol–water partition coefficient (Wildman–Crippen LogP) is 7.69. The molecular formula is C26H36O2SSi. The number of thiophene rings is 1. The lowest BCUT2D eigenvalue weighted by Gasteiger charge is -2.42. The normalized spacial score (nSPS) is 18.1. The molecule has 0 saturated heterocycles. The first kappa shape index (κ1) is 23.0. The van der Waals surface area contributed by atoms with E-state index in [0.717, 1.165) is 4.88 Å².